The molecule has 1 saturated carbocycles. The van der Waals surface area contributed by atoms with Crippen molar-refractivity contribution in [2.45, 2.75) is 58.4 Å². The van der Waals surface area contributed by atoms with E-state index in [1.54, 1.807) is 0 Å². The molecule has 1 fully saturated rings. The molecule has 1 rings (SSSR count). The summed E-state index contributed by atoms with van der Waals surface area (Å²) in [4.78, 5) is 2.37. The predicted octanol–water partition coefficient (Wildman–Crippen LogP) is 2.89. The first-order chi connectivity index (χ1) is 7.76. The van der Waals surface area contributed by atoms with E-state index in [2.05, 4.69) is 31.1 Å². The average molecular weight is 226 g/mol. The van der Waals surface area contributed by atoms with Crippen LogP contribution in [0.5, 0.6) is 0 Å². The molecule has 0 aliphatic heterocycles. The smallest absolute Gasteiger partial charge is 0.0104 e. The highest BCUT2D eigenvalue weighted by Crippen LogP contribution is 2.27. The fourth-order valence-corrected chi connectivity index (χ4v) is 2.68. The summed E-state index contributed by atoms with van der Waals surface area (Å²) in [5.74, 6) is 1.03. The Morgan fingerprint density at radius 2 is 1.81 bits per heavy atom. The van der Waals surface area contributed by atoms with E-state index in [1.165, 1.54) is 45.1 Å². The van der Waals surface area contributed by atoms with Crippen molar-refractivity contribution in [2.24, 2.45) is 5.92 Å². The fourth-order valence-electron chi connectivity index (χ4n) is 2.68. The Labute approximate surface area is 102 Å². The Bertz CT molecular complexity index is 162. The lowest BCUT2D eigenvalue weighted by atomic mass is 9.83. The van der Waals surface area contributed by atoms with Crippen LogP contribution in [0.25, 0.3) is 0 Å². The van der Waals surface area contributed by atoms with Crippen molar-refractivity contribution in [1.82, 2.24) is 10.2 Å². The molecule has 0 unspecified atom stereocenters. The molecule has 0 aromatic carbocycles. The van der Waals surface area contributed by atoms with Crippen molar-refractivity contribution in [3.63, 3.8) is 0 Å². The van der Waals surface area contributed by atoms with Gasteiger partial charge in [0.05, 0.1) is 0 Å². The maximum absolute atomic E-state index is 3.71. The van der Waals surface area contributed by atoms with Crippen molar-refractivity contribution >= 4 is 0 Å². The second-order valence-corrected chi connectivity index (χ2v) is 5.36. The van der Waals surface area contributed by atoms with Crippen molar-refractivity contribution in [2.75, 3.05) is 26.7 Å². The van der Waals surface area contributed by atoms with Gasteiger partial charge in [0.2, 0.25) is 0 Å². The average Bonchev–Trinajstić information content (AvgIpc) is 2.31. The van der Waals surface area contributed by atoms with Gasteiger partial charge in [-0.05, 0) is 45.2 Å². The van der Waals surface area contributed by atoms with E-state index < -0.39 is 0 Å². The van der Waals surface area contributed by atoms with Crippen LogP contribution in [0.15, 0.2) is 0 Å². The SMILES string of the molecule is CCCC1CCC(NCCN(C)CC)CC1. The summed E-state index contributed by atoms with van der Waals surface area (Å²) < 4.78 is 0. The van der Waals surface area contributed by atoms with Crippen LogP contribution in [0.3, 0.4) is 0 Å². The van der Waals surface area contributed by atoms with Gasteiger partial charge in [0.15, 0.2) is 0 Å². The molecule has 2 nitrogen and oxygen atoms in total. The molecule has 0 spiro atoms. The minimum absolute atomic E-state index is 0.804. The molecule has 0 aromatic rings. The van der Waals surface area contributed by atoms with E-state index >= 15 is 0 Å². The fraction of sp³-hybridized carbons (Fsp3) is 1.00. The number of hydrogen-bond acceptors (Lipinski definition) is 2. The molecule has 0 saturated heterocycles. The maximum atomic E-state index is 3.71. The van der Waals surface area contributed by atoms with E-state index in [4.69, 9.17) is 0 Å². The minimum atomic E-state index is 0.804. The molecule has 1 aliphatic carbocycles. The zero-order valence-corrected chi connectivity index (χ0v) is 11.5. The molecule has 0 aromatic heterocycles. The normalized spacial score (nSPS) is 26.2. The van der Waals surface area contributed by atoms with E-state index in [0.29, 0.717) is 0 Å². The second kappa shape index (κ2) is 8.08. The van der Waals surface area contributed by atoms with Gasteiger partial charge in [-0.15, -0.1) is 0 Å². The Morgan fingerprint density at radius 1 is 1.12 bits per heavy atom. The van der Waals surface area contributed by atoms with Crippen molar-refractivity contribution in [1.29, 1.82) is 0 Å². The van der Waals surface area contributed by atoms with Crippen LogP contribution in [0, 0.1) is 5.92 Å². The summed E-state index contributed by atoms with van der Waals surface area (Å²) in [6, 6.07) is 0.804. The van der Waals surface area contributed by atoms with Crippen LogP contribution >= 0.6 is 0 Å². The third kappa shape index (κ3) is 5.31. The van der Waals surface area contributed by atoms with E-state index in [0.717, 1.165) is 25.0 Å². The second-order valence-electron chi connectivity index (χ2n) is 5.36. The Balaban J connectivity index is 2.03. The van der Waals surface area contributed by atoms with E-state index in [-0.39, 0.29) is 0 Å². The first-order valence-electron chi connectivity index (χ1n) is 7.18. The number of rotatable bonds is 7. The van der Waals surface area contributed by atoms with Crippen LogP contribution in [0.2, 0.25) is 0 Å². The Morgan fingerprint density at radius 3 is 2.38 bits per heavy atom. The molecule has 96 valence electrons. The Hall–Kier alpha value is -0.0800. The Kier molecular flexibility index (Phi) is 7.06. The van der Waals surface area contributed by atoms with Gasteiger partial charge >= 0.3 is 0 Å². The largest absolute Gasteiger partial charge is 0.313 e. The third-order valence-electron chi connectivity index (χ3n) is 4.01. The molecule has 0 radical (unpaired) electrons. The quantitative estimate of drug-likeness (QED) is 0.718. The summed E-state index contributed by atoms with van der Waals surface area (Å²) in [7, 11) is 2.19. The highest BCUT2D eigenvalue weighted by Gasteiger charge is 2.19. The van der Waals surface area contributed by atoms with Crippen LogP contribution in [0.4, 0.5) is 0 Å². The zero-order chi connectivity index (χ0) is 11.8. The van der Waals surface area contributed by atoms with Crippen LogP contribution in [0.1, 0.15) is 52.4 Å². The molecule has 0 heterocycles. The highest BCUT2D eigenvalue weighted by molar-refractivity contribution is 4.77. The molecular weight excluding hydrogens is 196 g/mol. The van der Waals surface area contributed by atoms with Gasteiger partial charge in [-0.3, -0.25) is 0 Å². The van der Waals surface area contributed by atoms with E-state index in [1.807, 2.05) is 0 Å². The topological polar surface area (TPSA) is 15.3 Å². The molecule has 0 bridgehead atoms. The molecule has 16 heavy (non-hydrogen) atoms. The standard InChI is InChI=1S/C14H30N2/c1-4-6-13-7-9-14(10-8-13)15-11-12-16(3)5-2/h13-15H,4-12H2,1-3H3. The first kappa shape index (κ1) is 14.0. The van der Waals surface area contributed by atoms with Gasteiger partial charge in [0, 0.05) is 19.1 Å². The summed E-state index contributed by atoms with van der Waals surface area (Å²) in [6.45, 7) is 8.03. The van der Waals surface area contributed by atoms with Crippen molar-refractivity contribution in [3.05, 3.63) is 0 Å². The maximum Gasteiger partial charge on any atom is 0.0104 e. The molecule has 1 aliphatic rings. The van der Waals surface area contributed by atoms with Gasteiger partial charge in [-0.2, -0.15) is 0 Å². The summed E-state index contributed by atoms with van der Waals surface area (Å²) in [5.41, 5.74) is 0. The van der Waals surface area contributed by atoms with Gasteiger partial charge < -0.3 is 10.2 Å². The number of nitrogens with zero attached hydrogens (tertiary/aromatic N) is 1. The lowest BCUT2D eigenvalue weighted by Crippen LogP contribution is -2.38. The minimum Gasteiger partial charge on any atom is -0.313 e. The lowest BCUT2D eigenvalue weighted by molar-refractivity contribution is 0.266. The monoisotopic (exact) mass is 226 g/mol. The molecule has 0 amide bonds. The lowest BCUT2D eigenvalue weighted by Gasteiger charge is -2.29. The van der Waals surface area contributed by atoms with Crippen molar-refractivity contribution < 1.29 is 0 Å². The molecular formula is C14H30N2. The molecule has 0 atom stereocenters. The van der Waals surface area contributed by atoms with Gasteiger partial charge in [0.1, 0.15) is 0 Å². The number of hydrogen-bond donors (Lipinski definition) is 1. The van der Waals surface area contributed by atoms with Crippen LogP contribution < -0.4 is 5.32 Å². The first-order valence-corrected chi connectivity index (χ1v) is 7.18. The highest BCUT2D eigenvalue weighted by atomic mass is 15.1. The van der Waals surface area contributed by atoms with Crippen LogP contribution in [-0.2, 0) is 0 Å². The molecule has 2 heteroatoms. The molecule has 1 N–H and O–H groups in total. The number of likely N-dealkylation sites (N-methyl/N-ethyl adjacent to an activating group) is 1. The van der Waals surface area contributed by atoms with Crippen molar-refractivity contribution in [3.8, 4) is 0 Å². The summed E-state index contributed by atoms with van der Waals surface area (Å²) >= 11 is 0. The van der Waals surface area contributed by atoms with Gasteiger partial charge in [0.25, 0.3) is 0 Å². The van der Waals surface area contributed by atoms with Gasteiger partial charge in [-0.25, -0.2) is 0 Å². The van der Waals surface area contributed by atoms with Gasteiger partial charge in [-0.1, -0.05) is 26.7 Å². The zero-order valence-electron chi connectivity index (χ0n) is 11.5. The summed E-state index contributed by atoms with van der Waals surface area (Å²) in [6.07, 6.45) is 8.53. The summed E-state index contributed by atoms with van der Waals surface area (Å²) in [5, 5.41) is 3.71. The number of nitrogens with one attached hydrogen (secondary N) is 1. The van der Waals surface area contributed by atoms with Crippen LogP contribution in [-0.4, -0.2) is 37.6 Å². The predicted molar refractivity (Wildman–Crippen MR) is 71.8 cm³/mol. The third-order valence-corrected chi connectivity index (χ3v) is 4.01. The van der Waals surface area contributed by atoms with E-state index in [9.17, 15) is 0 Å².